The molecule has 3 aromatic carbocycles. The predicted octanol–water partition coefficient (Wildman–Crippen LogP) is 4.64. The number of nitrogens with one attached hydrogen (secondary N) is 3. The van der Waals surface area contributed by atoms with Crippen molar-refractivity contribution in [3.8, 4) is 5.75 Å². The molecule has 264 valence electrons. The first-order valence-corrected chi connectivity index (χ1v) is 17.8. The second-order valence-corrected chi connectivity index (χ2v) is 14.0. The van der Waals surface area contributed by atoms with Crippen LogP contribution in [0.4, 0.5) is 20.9 Å². The third-order valence-electron chi connectivity index (χ3n) is 9.89. The van der Waals surface area contributed by atoms with E-state index >= 15 is 0 Å². The molecule has 51 heavy (non-hydrogen) atoms. The van der Waals surface area contributed by atoms with Crippen molar-refractivity contribution in [3.63, 3.8) is 0 Å². The summed E-state index contributed by atoms with van der Waals surface area (Å²) in [4.78, 5) is 61.5. The number of nitrogens with zero attached hydrogens (tertiary/aromatic N) is 4. The van der Waals surface area contributed by atoms with E-state index in [0.29, 0.717) is 36.1 Å². The van der Waals surface area contributed by atoms with Crippen LogP contribution in [0.2, 0.25) is 0 Å². The van der Waals surface area contributed by atoms with Gasteiger partial charge in [-0.3, -0.25) is 34.7 Å². The van der Waals surface area contributed by atoms with E-state index in [1.54, 1.807) is 5.38 Å². The van der Waals surface area contributed by atoms with Crippen LogP contribution >= 0.6 is 11.3 Å². The van der Waals surface area contributed by atoms with Crippen LogP contribution in [0.15, 0.2) is 72.2 Å². The van der Waals surface area contributed by atoms with Gasteiger partial charge in [-0.25, -0.2) is 9.37 Å². The Labute approximate surface area is 298 Å². The fourth-order valence-corrected chi connectivity index (χ4v) is 7.68. The number of amides is 4. The maximum atomic E-state index is 14.4. The number of aromatic nitrogens is 1. The lowest BCUT2D eigenvalue weighted by Gasteiger charge is -2.38. The zero-order valence-electron chi connectivity index (χ0n) is 28.0. The number of fused-ring (bicyclic) bond motifs is 1. The molecule has 0 radical (unpaired) electrons. The molecule has 4 aromatic rings. The maximum Gasteiger partial charge on any atom is 0.255 e. The van der Waals surface area contributed by atoms with E-state index in [4.69, 9.17) is 0 Å². The lowest BCUT2D eigenvalue weighted by Crippen LogP contribution is -2.47. The van der Waals surface area contributed by atoms with Gasteiger partial charge in [0.15, 0.2) is 5.13 Å². The lowest BCUT2D eigenvalue weighted by atomic mass is 10.0. The molecule has 0 saturated carbocycles. The van der Waals surface area contributed by atoms with Gasteiger partial charge in [-0.05, 0) is 73.8 Å². The predicted molar refractivity (Wildman–Crippen MR) is 191 cm³/mol. The van der Waals surface area contributed by atoms with Gasteiger partial charge in [0.25, 0.3) is 11.8 Å². The van der Waals surface area contributed by atoms with E-state index in [2.05, 4.69) is 37.8 Å². The van der Waals surface area contributed by atoms with Crippen LogP contribution in [0.1, 0.15) is 58.8 Å². The van der Waals surface area contributed by atoms with Crippen molar-refractivity contribution in [2.24, 2.45) is 0 Å². The first kappa shape index (κ1) is 34.1. The third-order valence-corrected chi connectivity index (χ3v) is 10.6. The molecule has 2 fully saturated rings. The number of aromatic hydroxyl groups is 1. The van der Waals surface area contributed by atoms with Crippen molar-refractivity contribution in [2.75, 3.05) is 35.7 Å². The van der Waals surface area contributed by atoms with Crippen molar-refractivity contribution in [2.45, 2.75) is 56.9 Å². The zero-order valence-corrected chi connectivity index (χ0v) is 28.8. The Bertz CT molecular complexity index is 1970. The van der Waals surface area contributed by atoms with Crippen molar-refractivity contribution in [3.05, 3.63) is 100 Å². The topological polar surface area (TPSA) is 147 Å². The van der Waals surface area contributed by atoms with E-state index in [1.807, 2.05) is 42.5 Å². The number of anilines is 3. The number of hydrogen-bond acceptors (Lipinski definition) is 10. The molecule has 12 nitrogen and oxygen atoms in total. The largest absolute Gasteiger partial charge is 0.508 e. The van der Waals surface area contributed by atoms with Gasteiger partial charge >= 0.3 is 0 Å². The van der Waals surface area contributed by atoms with Crippen LogP contribution in [-0.4, -0.2) is 75.7 Å². The summed E-state index contributed by atoms with van der Waals surface area (Å²) in [5, 5.41) is 21.1. The number of piperidine rings is 2. The zero-order chi connectivity index (χ0) is 35.6. The SMILES string of the molecule is CN(Cc1ccccc1NC1CCC(=O)NC1=O)C1CCN(c2ccc3c(c2)C(=O)N(C(C(=O)Nc2nccs2)c2cc(F)ccc2O)C3)CC1. The average Bonchev–Trinajstić information content (AvgIpc) is 3.75. The highest BCUT2D eigenvalue weighted by molar-refractivity contribution is 7.13. The van der Waals surface area contributed by atoms with E-state index in [-0.39, 0.29) is 35.6 Å². The quantitative estimate of drug-likeness (QED) is 0.173. The van der Waals surface area contributed by atoms with Crippen LogP contribution in [0.3, 0.4) is 0 Å². The first-order valence-electron chi connectivity index (χ1n) is 16.9. The highest BCUT2D eigenvalue weighted by Crippen LogP contribution is 2.38. The maximum absolute atomic E-state index is 14.4. The molecule has 4 heterocycles. The Kier molecular flexibility index (Phi) is 9.69. The third kappa shape index (κ3) is 7.28. The Morgan fingerprint density at radius 3 is 2.67 bits per heavy atom. The van der Waals surface area contributed by atoms with E-state index in [1.165, 1.54) is 28.5 Å². The van der Waals surface area contributed by atoms with Crippen LogP contribution in [0.5, 0.6) is 5.75 Å². The summed E-state index contributed by atoms with van der Waals surface area (Å²) < 4.78 is 14.4. The normalized spacial score (nSPS) is 18.5. The molecular weight excluding hydrogens is 674 g/mol. The number of phenols is 1. The number of halogens is 1. The molecule has 2 saturated heterocycles. The van der Waals surface area contributed by atoms with Gasteiger partial charge in [0.05, 0.1) is 0 Å². The number of benzene rings is 3. The van der Waals surface area contributed by atoms with E-state index in [0.717, 1.165) is 60.6 Å². The molecule has 1 aromatic heterocycles. The summed E-state index contributed by atoms with van der Waals surface area (Å²) >= 11 is 1.21. The number of carbonyl (C=O) groups excluding carboxylic acids is 4. The molecule has 4 amide bonds. The fourth-order valence-electron chi connectivity index (χ4n) is 7.15. The van der Waals surface area contributed by atoms with Gasteiger partial charge < -0.3 is 20.2 Å². The number of carbonyl (C=O) groups is 4. The van der Waals surface area contributed by atoms with Gasteiger partial charge in [0.1, 0.15) is 23.7 Å². The molecule has 2 unspecified atom stereocenters. The minimum atomic E-state index is -1.29. The molecule has 7 rings (SSSR count). The van der Waals surface area contributed by atoms with Crippen molar-refractivity contribution >= 4 is 51.5 Å². The molecular formula is C37H38FN7O5S. The molecule has 0 bridgehead atoms. The Balaban J connectivity index is 1.01. The molecule has 3 aliphatic heterocycles. The summed E-state index contributed by atoms with van der Waals surface area (Å²) in [6.07, 6.45) is 4.10. The average molecular weight is 712 g/mol. The van der Waals surface area contributed by atoms with Crippen molar-refractivity contribution < 1.29 is 28.7 Å². The van der Waals surface area contributed by atoms with Gasteiger partial charge in [-0.1, -0.05) is 24.3 Å². The fraction of sp³-hybridized carbons (Fsp3) is 0.324. The molecule has 3 aliphatic rings. The highest BCUT2D eigenvalue weighted by atomic mass is 32.1. The van der Waals surface area contributed by atoms with E-state index < -0.39 is 23.8 Å². The number of thiazole rings is 1. The van der Waals surface area contributed by atoms with Gasteiger partial charge in [-0.2, -0.15) is 0 Å². The second-order valence-electron chi connectivity index (χ2n) is 13.1. The van der Waals surface area contributed by atoms with Gasteiger partial charge in [0.2, 0.25) is 11.8 Å². The number of imide groups is 1. The van der Waals surface area contributed by atoms with Gasteiger partial charge in [0, 0.05) is 72.7 Å². The molecule has 0 spiro atoms. The van der Waals surface area contributed by atoms with Gasteiger partial charge in [-0.15, -0.1) is 11.3 Å². The number of hydrogen-bond donors (Lipinski definition) is 4. The van der Waals surface area contributed by atoms with Crippen LogP contribution in [0.25, 0.3) is 0 Å². The Morgan fingerprint density at radius 1 is 1.10 bits per heavy atom. The Morgan fingerprint density at radius 2 is 1.90 bits per heavy atom. The van der Waals surface area contributed by atoms with Crippen LogP contribution in [0, 0.1) is 5.82 Å². The number of phenolic OH excluding ortho intramolecular Hbond substituents is 1. The molecule has 4 N–H and O–H groups in total. The van der Waals surface area contributed by atoms with Crippen LogP contribution < -0.4 is 20.9 Å². The van der Waals surface area contributed by atoms with Crippen LogP contribution in [-0.2, 0) is 27.5 Å². The van der Waals surface area contributed by atoms with E-state index in [9.17, 15) is 28.7 Å². The standard InChI is InChI=1S/C37H38FN7O5S/c1-43(20-23-4-2-3-5-29(23)40-30-9-11-32(47)41-34(30)48)25-12-15-44(16-13-25)26-8-6-22-21-45(36(50)27(22)19-26)33(28-18-24(38)7-10-31(28)46)35(49)42-37-39-14-17-51-37/h2-8,10,14,17-19,25,30,33,40,46H,9,11-13,15-16,20-21H2,1H3,(H,39,42,49)(H,41,47,48). The highest BCUT2D eigenvalue weighted by Gasteiger charge is 2.40. The molecule has 14 heteroatoms. The molecule has 2 atom stereocenters. The summed E-state index contributed by atoms with van der Waals surface area (Å²) in [6.45, 7) is 2.35. The molecule has 0 aliphatic carbocycles. The minimum Gasteiger partial charge on any atom is -0.508 e. The number of para-hydroxylation sites is 1. The summed E-state index contributed by atoms with van der Waals surface area (Å²) in [5.74, 6) is -2.45. The lowest BCUT2D eigenvalue weighted by molar-refractivity contribution is -0.133. The minimum absolute atomic E-state index is 0.00833. The van der Waals surface area contributed by atoms with Crippen molar-refractivity contribution in [1.82, 2.24) is 20.1 Å². The second kappa shape index (κ2) is 14.5. The smallest absolute Gasteiger partial charge is 0.255 e. The summed E-state index contributed by atoms with van der Waals surface area (Å²) in [7, 11) is 2.10. The first-order chi connectivity index (χ1) is 24.6. The monoisotopic (exact) mass is 711 g/mol. The summed E-state index contributed by atoms with van der Waals surface area (Å²) in [5.41, 5.74) is 4.05. The Hall–Kier alpha value is -5.34. The summed E-state index contributed by atoms with van der Waals surface area (Å²) in [6, 6.07) is 15.6. The number of rotatable bonds is 10. The van der Waals surface area contributed by atoms with Crippen molar-refractivity contribution in [1.29, 1.82) is 0 Å².